The minimum Gasteiger partial charge on any atom is -0.325 e. The number of aryl methyl sites for hydroxylation is 2. The van der Waals surface area contributed by atoms with Crippen LogP contribution in [0.5, 0.6) is 0 Å². The van der Waals surface area contributed by atoms with Crippen LogP contribution in [0.3, 0.4) is 0 Å². The van der Waals surface area contributed by atoms with E-state index in [1.807, 2.05) is 49.0 Å². The highest BCUT2D eigenvalue weighted by Crippen LogP contribution is 2.13. The van der Waals surface area contributed by atoms with Crippen molar-refractivity contribution in [1.29, 1.82) is 0 Å². The predicted octanol–water partition coefficient (Wildman–Crippen LogP) is 3.23. The van der Waals surface area contributed by atoms with Crippen LogP contribution in [0.1, 0.15) is 19.4 Å². The van der Waals surface area contributed by atoms with Crippen LogP contribution < -0.4 is 11.1 Å². The van der Waals surface area contributed by atoms with Crippen LogP contribution in [0.25, 0.3) is 0 Å². The van der Waals surface area contributed by atoms with Gasteiger partial charge in [0.1, 0.15) is 0 Å². The van der Waals surface area contributed by atoms with Crippen molar-refractivity contribution in [2.45, 2.75) is 32.9 Å². The zero-order chi connectivity index (χ0) is 16.1. The van der Waals surface area contributed by atoms with Crippen molar-refractivity contribution in [3.05, 3.63) is 46.7 Å². The molecule has 5 nitrogen and oxygen atoms in total. The molecule has 126 valence electrons. The number of aromatic nitrogens is 2. The molecule has 0 bridgehead atoms. The van der Waals surface area contributed by atoms with Gasteiger partial charge in [0.25, 0.3) is 0 Å². The number of nitrogens with zero attached hydrogens (tertiary/aromatic N) is 2. The van der Waals surface area contributed by atoms with Gasteiger partial charge in [0.15, 0.2) is 0 Å². The molecule has 0 saturated heterocycles. The van der Waals surface area contributed by atoms with Crippen LogP contribution in [0.2, 0.25) is 0 Å². The van der Waals surface area contributed by atoms with Crippen molar-refractivity contribution in [2.24, 2.45) is 11.7 Å². The molecular formula is C16H22BrClN4O. The smallest absolute Gasteiger partial charge is 0.241 e. The SMILES string of the molecule is CC(C)[C@H](N)C(=O)Nc1ccc(CCn2cc(Br)cn2)cc1.Cl. The first-order valence-electron chi connectivity index (χ1n) is 7.29. The van der Waals surface area contributed by atoms with Crippen LogP contribution >= 0.6 is 28.3 Å². The van der Waals surface area contributed by atoms with E-state index in [1.54, 1.807) is 6.20 Å². The first-order valence-corrected chi connectivity index (χ1v) is 8.08. The fourth-order valence-electron chi connectivity index (χ4n) is 1.99. The summed E-state index contributed by atoms with van der Waals surface area (Å²) in [6, 6.07) is 7.33. The van der Waals surface area contributed by atoms with Crippen molar-refractivity contribution < 1.29 is 4.79 Å². The molecule has 0 fully saturated rings. The second-order valence-electron chi connectivity index (χ2n) is 5.63. The first kappa shape index (κ1) is 19.7. The molecule has 0 aliphatic carbocycles. The lowest BCUT2D eigenvalue weighted by Crippen LogP contribution is -2.39. The summed E-state index contributed by atoms with van der Waals surface area (Å²) in [7, 11) is 0. The maximum absolute atomic E-state index is 11.9. The number of halogens is 2. The van der Waals surface area contributed by atoms with E-state index in [0.717, 1.165) is 23.1 Å². The molecular weight excluding hydrogens is 380 g/mol. The highest BCUT2D eigenvalue weighted by atomic mass is 79.9. The molecule has 1 heterocycles. The Balaban J connectivity index is 0.00000264. The summed E-state index contributed by atoms with van der Waals surface area (Å²) in [6.07, 6.45) is 4.60. The van der Waals surface area contributed by atoms with Crippen LogP contribution in [-0.2, 0) is 17.8 Å². The Hall–Kier alpha value is -1.37. The maximum Gasteiger partial charge on any atom is 0.241 e. The number of hydrogen-bond acceptors (Lipinski definition) is 3. The summed E-state index contributed by atoms with van der Waals surface area (Å²) in [5.74, 6) is -0.0307. The summed E-state index contributed by atoms with van der Waals surface area (Å²) < 4.78 is 2.87. The third kappa shape index (κ3) is 5.97. The Bertz CT molecular complexity index is 627. The van der Waals surface area contributed by atoms with Crippen molar-refractivity contribution in [3.63, 3.8) is 0 Å². The Morgan fingerprint density at radius 3 is 2.52 bits per heavy atom. The van der Waals surface area contributed by atoms with Gasteiger partial charge in [-0.25, -0.2) is 0 Å². The average molecular weight is 402 g/mol. The molecule has 7 heteroatoms. The van der Waals surface area contributed by atoms with Gasteiger partial charge < -0.3 is 11.1 Å². The summed E-state index contributed by atoms with van der Waals surface area (Å²) >= 11 is 3.38. The summed E-state index contributed by atoms with van der Waals surface area (Å²) in [6.45, 7) is 4.68. The van der Waals surface area contributed by atoms with Crippen LogP contribution in [0.15, 0.2) is 41.1 Å². The van der Waals surface area contributed by atoms with Crippen molar-refractivity contribution >= 4 is 39.9 Å². The van der Waals surface area contributed by atoms with Gasteiger partial charge in [-0.05, 0) is 46.0 Å². The lowest BCUT2D eigenvalue weighted by atomic mass is 10.0. The van der Waals surface area contributed by atoms with E-state index < -0.39 is 6.04 Å². The lowest BCUT2D eigenvalue weighted by molar-refractivity contribution is -0.118. The standard InChI is InChI=1S/C16H21BrN4O.ClH/c1-11(2)15(18)16(22)20-14-5-3-12(4-6-14)7-8-21-10-13(17)9-19-21;/h3-6,9-11,15H,7-8,18H2,1-2H3,(H,20,22);1H/t15-;/m0./s1. The quantitative estimate of drug-likeness (QED) is 0.780. The summed E-state index contributed by atoms with van der Waals surface area (Å²) in [5, 5.41) is 7.06. The molecule has 1 aromatic carbocycles. The summed E-state index contributed by atoms with van der Waals surface area (Å²) in [4.78, 5) is 11.9. The largest absolute Gasteiger partial charge is 0.325 e. The number of nitrogens with one attached hydrogen (secondary N) is 1. The molecule has 0 aliphatic rings. The molecule has 1 aromatic heterocycles. The Labute approximate surface area is 151 Å². The zero-order valence-electron chi connectivity index (χ0n) is 13.2. The van der Waals surface area contributed by atoms with Gasteiger partial charge >= 0.3 is 0 Å². The molecule has 0 unspecified atom stereocenters. The number of nitrogens with two attached hydrogens (primary N) is 1. The predicted molar refractivity (Wildman–Crippen MR) is 98.8 cm³/mol. The van der Waals surface area contributed by atoms with E-state index in [1.165, 1.54) is 5.56 Å². The number of rotatable bonds is 6. The van der Waals surface area contributed by atoms with E-state index >= 15 is 0 Å². The maximum atomic E-state index is 11.9. The molecule has 3 N–H and O–H groups in total. The molecule has 23 heavy (non-hydrogen) atoms. The van der Waals surface area contributed by atoms with Gasteiger partial charge in [0.05, 0.1) is 16.7 Å². The molecule has 1 atom stereocenters. The highest BCUT2D eigenvalue weighted by Gasteiger charge is 2.16. The van der Waals surface area contributed by atoms with Crippen molar-refractivity contribution in [1.82, 2.24) is 9.78 Å². The van der Waals surface area contributed by atoms with Crippen molar-refractivity contribution in [2.75, 3.05) is 5.32 Å². The number of hydrogen-bond donors (Lipinski definition) is 2. The second-order valence-corrected chi connectivity index (χ2v) is 6.54. The topological polar surface area (TPSA) is 72.9 Å². The van der Waals surface area contributed by atoms with Gasteiger partial charge in [0.2, 0.25) is 5.91 Å². The first-order chi connectivity index (χ1) is 10.5. The van der Waals surface area contributed by atoms with E-state index in [4.69, 9.17) is 5.73 Å². The minimum atomic E-state index is -0.488. The van der Waals surface area contributed by atoms with Gasteiger partial charge in [-0.15, -0.1) is 12.4 Å². The van der Waals surface area contributed by atoms with Gasteiger partial charge in [-0.3, -0.25) is 9.48 Å². The molecule has 1 amide bonds. The fraction of sp³-hybridized carbons (Fsp3) is 0.375. The third-order valence-electron chi connectivity index (χ3n) is 3.47. The Morgan fingerprint density at radius 2 is 2.00 bits per heavy atom. The second kappa shape index (κ2) is 9.05. The van der Waals surface area contributed by atoms with E-state index in [-0.39, 0.29) is 24.2 Å². The molecule has 0 aliphatic heterocycles. The average Bonchev–Trinajstić information content (AvgIpc) is 2.91. The number of amides is 1. The van der Waals surface area contributed by atoms with Gasteiger partial charge in [-0.1, -0.05) is 26.0 Å². The zero-order valence-corrected chi connectivity index (χ0v) is 15.6. The number of carbonyl (C=O) groups is 1. The highest BCUT2D eigenvalue weighted by molar-refractivity contribution is 9.10. The van der Waals surface area contributed by atoms with Gasteiger partial charge in [0, 0.05) is 18.4 Å². The summed E-state index contributed by atoms with van der Waals surface area (Å²) in [5.41, 5.74) is 7.79. The van der Waals surface area contributed by atoms with E-state index in [9.17, 15) is 4.79 Å². The molecule has 2 aromatic rings. The number of carbonyl (C=O) groups excluding carboxylic acids is 1. The Kier molecular flexibility index (Phi) is 7.75. The van der Waals surface area contributed by atoms with Crippen molar-refractivity contribution in [3.8, 4) is 0 Å². The minimum absolute atomic E-state index is 0. The van der Waals surface area contributed by atoms with Gasteiger partial charge in [-0.2, -0.15) is 5.10 Å². The Morgan fingerprint density at radius 1 is 1.35 bits per heavy atom. The molecule has 0 spiro atoms. The van der Waals surface area contributed by atoms with Crippen LogP contribution in [-0.4, -0.2) is 21.7 Å². The molecule has 0 radical (unpaired) electrons. The molecule has 2 rings (SSSR count). The van der Waals surface area contributed by atoms with E-state index in [2.05, 4.69) is 26.3 Å². The number of benzene rings is 1. The molecule has 0 saturated carbocycles. The normalized spacial score (nSPS) is 11.9. The third-order valence-corrected chi connectivity index (χ3v) is 3.88. The van der Waals surface area contributed by atoms with Crippen LogP contribution in [0.4, 0.5) is 5.69 Å². The van der Waals surface area contributed by atoms with Crippen LogP contribution in [0, 0.1) is 5.92 Å². The fourth-order valence-corrected chi connectivity index (χ4v) is 2.32. The van der Waals surface area contributed by atoms with E-state index in [0.29, 0.717) is 0 Å². The monoisotopic (exact) mass is 400 g/mol. The lowest BCUT2D eigenvalue weighted by Gasteiger charge is -2.15. The number of anilines is 1.